The third kappa shape index (κ3) is 4.90. The Labute approximate surface area is 164 Å². The van der Waals surface area contributed by atoms with Crippen molar-refractivity contribution >= 4 is 5.71 Å². The topological polar surface area (TPSA) is 60.3 Å². The molecule has 3 aromatic rings. The van der Waals surface area contributed by atoms with E-state index in [2.05, 4.69) is 5.16 Å². The highest BCUT2D eigenvalue weighted by Crippen LogP contribution is 2.23. The number of methoxy groups -OCH3 is 2. The van der Waals surface area contributed by atoms with E-state index in [0.717, 1.165) is 22.6 Å². The van der Waals surface area contributed by atoms with E-state index in [4.69, 9.17) is 14.3 Å². The van der Waals surface area contributed by atoms with E-state index in [1.165, 1.54) is 0 Å². The van der Waals surface area contributed by atoms with Gasteiger partial charge in [0.25, 0.3) is 0 Å². The largest absolute Gasteiger partial charge is 0.497 e. The van der Waals surface area contributed by atoms with Crippen LogP contribution < -0.4 is 9.47 Å². The summed E-state index contributed by atoms with van der Waals surface area (Å²) in [6.45, 7) is 0.315. The molecule has 5 heteroatoms. The number of aliphatic hydroxyl groups excluding tert-OH is 1. The molecule has 3 rings (SSSR count). The van der Waals surface area contributed by atoms with Gasteiger partial charge in [0.1, 0.15) is 29.9 Å². The number of nitrogens with zero attached hydrogens (tertiary/aromatic N) is 1. The summed E-state index contributed by atoms with van der Waals surface area (Å²) < 4.78 is 10.4. The van der Waals surface area contributed by atoms with Gasteiger partial charge in [-0.15, -0.1) is 0 Å². The SMILES string of the molecule is COc1ccc(/C(=N\OCc2ccccc2)[C@@H](O)c2ccc(OC)cc2)cc1. The van der Waals surface area contributed by atoms with E-state index < -0.39 is 6.10 Å². The number of benzene rings is 3. The molecule has 0 bridgehead atoms. The number of hydrogen-bond acceptors (Lipinski definition) is 5. The second kappa shape index (κ2) is 9.58. The minimum Gasteiger partial charge on any atom is -0.497 e. The summed E-state index contributed by atoms with van der Waals surface area (Å²) in [6, 6.07) is 24.3. The number of oxime groups is 1. The molecule has 0 amide bonds. The van der Waals surface area contributed by atoms with Gasteiger partial charge in [-0.3, -0.25) is 0 Å². The highest BCUT2D eigenvalue weighted by molar-refractivity contribution is 6.03. The zero-order valence-corrected chi connectivity index (χ0v) is 15.9. The normalized spacial score (nSPS) is 12.3. The maximum Gasteiger partial charge on any atom is 0.142 e. The Kier molecular flexibility index (Phi) is 6.65. The summed E-state index contributed by atoms with van der Waals surface area (Å²) in [7, 11) is 3.21. The highest BCUT2D eigenvalue weighted by atomic mass is 16.6. The third-order valence-electron chi connectivity index (χ3n) is 4.31. The summed E-state index contributed by atoms with van der Waals surface area (Å²) >= 11 is 0. The Morgan fingerprint density at radius 2 is 1.39 bits per heavy atom. The molecular weight excluding hydrogens is 354 g/mol. The van der Waals surface area contributed by atoms with E-state index in [-0.39, 0.29) is 0 Å². The molecule has 0 aliphatic rings. The lowest BCUT2D eigenvalue weighted by Crippen LogP contribution is -2.14. The quantitative estimate of drug-likeness (QED) is 0.468. The van der Waals surface area contributed by atoms with Gasteiger partial charge < -0.3 is 19.4 Å². The first-order chi connectivity index (χ1) is 13.7. The Bertz CT molecular complexity index is 890. The molecule has 28 heavy (non-hydrogen) atoms. The van der Waals surface area contributed by atoms with Crippen LogP contribution in [0, 0.1) is 0 Å². The molecule has 5 nitrogen and oxygen atoms in total. The summed E-state index contributed by atoms with van der Waals surface area (Å²) in [6.07, 6.45) is -0.949. The first-order valence-electron chi connectivity index (χ1n) is 8.91. The standard InChI is InChI=1S/C23H23NO4/c1-26-20-12-8-18(9-13-20)22(24-28-16-17-6-4-3-5-7-17)23(25)19-10-14-21(27-2)15-11-19/h3-15,23,25H,16H2,1-2H3/b24-22+/t23-/m0/s1. The summed E-state index contributed by atoms with van der Waals surface area (Å²) in [5.74, 6) is 1.45. The molecule has 0 saturated heterocycles. The lowest BCUT2D eigenvalue weighted by molar-refractivity contribution is 0.125. The van der Waals surface area contributed by atoms with Gasteiger partial charge in [0.15, 0.2) is 0 Å². The Hall–Kier alpha value is -3.31. The zero-order valence-electron chi connectivity index (χ0n) is 15.9. The number of rotatable bonds is 8. The Morgan fingerprint density at radius 3 is 1.96 bits per heavy atom. The van der Waals surface area contributed by atoms with Crippen LogP contribution in [0.1, 0.15) is 22.8 Å². The highest BCUT2D eigenvalue weighted by Gasteiger charge is 2.19. The summed E-state index contributed by atoms with van der Waals surface area (Å²) in [4.78, 5) is 5.55. The molecule has 0 aromatic heterocycles. The molecule has 0 radical (unpaired) electrons. The monoisotopic (exact) mass is 377 g/mol. The molecule has 144 valence electrons. The molecular formula is C23H23NO4. The van der Waals surface area contributed by atoms with Crippen molar-refractivity contribution in [3.8, 4) is 11.5 Å². The molecule has 0 spiro atoms. The average Bonchev–Trinajstić information content (AvgIpc) is 2.77. The predicted octanol–water partition coefficient (Wildman–Crippen LogP) is 4.36. The van der Waals surface area contributed by atoms with E-state index >= 15 is 0 Å². The van der Waals surface area contributed by atoms with Crippen molar-refractivity contribution in [2.45, 2.75) is 12.7 Å². The van der Waals surface area contributed by atoms with Crippen LogP contribution in [0.15, 0.2) is 84.0 Å². The van der Waals surface area contributed by atoms with Gasteiger partial charge in [-0.2, -0.15) is 0 Å². The maximum atomic E-state index is 10.9. The van der Waals surface area contributed by atoms with Gasteiger partial charge in [0, 0.05) is 5.56 Å². The van der Waals surface area contributed by atoms with Crippen molar-refractivity contribution in [2.75, 3.05) is 14.2 Å². The lowest BCUT2D eigenvalue weighted by atomic mass is 9.99. The van der Waals surface area contributed by atoms with Crippen molar-refractivity contribution in [3.63, 3.8) is 0 Å². The predicted molar refractivity (Wildman–Crippen MR) is 109 cm³/mol. The van der Waals surface area contributed by atoms with Crippen LogP contribution >= 0.6 is 0 Å². The van der Waals surface area contributed by atoms with Crippen molar-refractivity contribution in [2.24, 2.45) is 5.16 Å². The van der Waals surface area contributed by atoms with Crippen LogP contribution in [0.25, 0.3) is 0 Å². The number of ether oxygens (including phenoxy) is 2. The first kappa shape index (κ1) is 19.5. The van der Waals surface area contributed by atoms with Gasteiger partial charge >= 0.3 is 0 Å². The molecule has 1 N–H and O–H groups in total. The van der Waals surface area contributed by atoms with Crippen molar-refractivity contribution in [3.05, 3.63) is 95.6 Å². The molecule has 0 heterocycles. The van der Waals surface area contributed by atoms with E-state index in [1.54, 1.807) is 38.5 Å². The van der Waals surface area contributed by atoms with Crippen LogP contribution in [-0.2, 0) is 11.4 Å². The first-order valence-corrected chi connectivity index (χ1v) is 8.91. The summed E-state index contributed by atoms with van der Waals surface area (Å²) in [5, 5.41) is 15.2. The van der Waals surface area contributed by atoms with Crippen molar-refractivity contribution in [1.29, 1.82) is 0 Å². The van der Waals surface area contributed by atoms with E-state index in [9.17, 15) is 5.11 Å². The van der Waals surface area contributed by atoms with E-state index in [1.807, 2.05) is 54.6 Å². The van der Waals surface area contributed by atoms with Crippen molar-refractivity contribution in [1.82, 2.24) is 0 Å². The molecule has 3 aromatic carbocycles. The fourth-order valence-electron chi connectivity index (χ4n) is 2.72. The van der Waals surface area contributed by atoms with Gasteiger partial charge in [0.05, 0.1) is 14.2 Å². The van der Waals surface area contributed by atoms with Crippen LogP contribution in [0.4, 0.5) is 0 Å². The summed E-state index contributed by atoms with van der Waals surface area (Å²) in [5.41, 5.74) is 2.86. The van der Waals surface area contributed by atoms with Crippen LogP contribution in [-0.4, -0.2) is 25.0 Å². The van der Waals surface area contributed by atoms with Crippen LogP contribution in [0.5, 0.6) is 11.5 Å². The van der Waals surface area contributed by atoms with Gasteiger partial charge in [0.2, 0.25) is 0 Å². The minimum atomic E-state index is -0.949. The lowest BCUT2D eigenvalue weighted by Gasteiger charge is -2.15. The van der Waals surface area contributed by atoms with Gasteiger partial charge in [-0.05, 0) is 47.5 Å². The van der Waals surface area contributed by atoms with Gasteiger partial charge in [-0.25, -0.2) is 0 Å². The molecule has 0 fully saturated rings. The second-order valence-electron chi connectivity index (χ2n) is 6.14. The smallest absolute Gasteiger partial charge is 0.142 e. The number of hydrogen-bond donors (Lipinski definition) is 1. The van der Waals surface area contributed by atoms with Crippen LogP contribution in [0.2, 0.25) is 0 Å². The maximum absolute atomic E-state index is 10.9. The molecule has 0 unspecified atom stereocenters. The van der Waals surface area contributed by atoms with Crippen molar-refractivity contribution < 1.29 is 19.4 Å². The number of aliphatic hydroxyl groups is 1. The van der Waals surface area contributed by atoms with Gasteiger partial charge in [-0.1, -0.05) is 47.6 Å². The molecule has 1 atom stereocenters. The minimum absolute atomic E-state index is 0.315. The fourth-order valence-corrected chi connectivity index (χ4v) is 2.72. The molecule has 0 aliphatic carbocycles. The molecule has 0 saturated carbocycles. The third-order valence-corrected chi connectivity index (χ3v) is 4.31. The Morgan fingerprint density at radius 1 is 0.821 bits per heavy atom. The molecule has 0 aliphatic heterocycles. The average molecular weight is 377 g/mol. The van der Waals surface area contributed by atoms with E-state index in [0.29, 0.717) is 17.9 Å². The fraction of sp³-hybridized carbons (Fsp3) is 0.174. The zero-order chi connectivity index (χ0) is 19.8. The second-order valence-corrected chi connectivity index (χ2v) is 6.14. The Balaban J connectivity index is 1.86. The van der Waals surface area contributed by atoms with Crippen LogP contribution in [0.3, 0.4) is 0 Å².